The van der Waals surface area contributed by atoms with Gasteiger partial charge in [0.1, 0.15) is 6.07 Å². The van der Waals surface area contributed by atoms with Gasteiger partial charge in [-0.05, 0) is 70.8 Å². The number of hydrogen-bond acceptors (Lipinski definition) is 4. The topological polar surface area (TPSA) is 47.6 Å². The van der Waals surface area contributed by atoms with Crippen molar-refractivity contribution in [3.05, 3.63) is 132 Å². The van der Waals surface area contributed by atoms with Crippen molar-refractivity contribution in [3.63, 3.8) is 0 Å². The van der Waals surface area contributed by atoms with Crippen molar-refractivity contribution in [2.75, 3.05) is 0 Å². The van der Waals surface area contributed by atoms with E-state index >= 15 is 0 Å². The largest absolute Gasteiger partial charge is 0.192 e. The summed E-state index contributed by atoms with van der Waals surface area (Å²) in [7, 11) is 0. The van der Waals surface area contributed by atoms with Crippen molar-refractivity contribution in [1.82, 2.24) is 0 Å². The average Bonchev–Trinajstić information content (AvgIpc) is 3.62. The average molecular weight is 569 g/mol. The fourth-order valence-corrected chi connectivity index (χ4v) is 8.38. The summed E-state index contributed by atoms with van der Waals surface area (Å²) in [4.78, 5) is 0. The van der Waals surface area contributed by atoms with Crippen LogP contribution in [-0.2, 0) is 0 Å². The van der Waals surface area contributed by atoms with Crippen LogP contribution >= 0.6 is 22.7 Å². The lowest BCUT2D eigenvalue weighted by atomic mass is 9.86. The maximum Gasteiger partial charge on any atom is 0.100 e. The molecule has 2 aromatic heterocycles. The summed E-state index contributed by atoms with van der Waals surface area (Å²) >= 11 is 3.55. The second kappa shape index (κ2) is 9.68. The first kappa shape index (κ1) is 24.5. The van der Waals surface area contributed by atoms with Gasteiger partial charge in [-0.3, -0.25) is 0 Å². The first-order chi connectivity index (χ1) is 20.7. The molecule has 42 heavy (non-hydrogen) atoms. The highest BCUT2D eigenvalue weighted by molar-refractivity contribution is 7.26. The molecule has 0 fully saturated rings. The standard InChI is InChI=1S/C38H20N2S2/c39-21-23-8-5-9-24(18-23)25-19-30(26-12-6-16-35-37(26)28-10-1-3-14-33(28)41-35)32(22-40)31(20-25)27-13-7-17-36-38(27)29-11-2-4-15-34(29)42-36/h1-20H. The monoisotopic (exact) mass is 568 g/mol. The molecule has 8 rings (SSSR count). The molecule has 0 spiro atoms. The van der Waals surface area contributed by atoms with E-state index in [1.165, 1.54) is 40.3 Å². The van der Waals surface area contributed by atoms with Crippen LogP contribution in [0.2, 0.25) is 0 Å². The summed E-state index contributed by atoms with van der Waals surface area (Å²) in [5, 5.41) is 25.2. The molecule has 0 unspecified atom stereocenters. The van der Waals surface area contributed by atoms with E-state index in [1.54, 1.807) is 22.7 Å². The van der Waals surface area contributed by atoms with Gasteiger partial charge < -0.3 is 0 Å². The lowest BCUT2D eigenvalue weighted by Crippen LogP contribution is -1.94. The molecule has 0 aliphatic heterocycles. The molecule has 0 N–H and O–H groups in total. The predicted molar refractivity (Wildman–Crippen MR) is 178 cm³/mol. The maximum absolute atomic E-state index is 10.8. The molecule has 8 aromatic rings. The Kier molecular flexibility index (Phi) is 5.66. The van der Waals surface area contributed by atoms with Crippen molar-refractivity contribution in [3.8, 4) is 45.5 Å². The molecule has 6 aromatic carbocycles. The normalized spacial score (nSPS) is 11.3. The first-order valence-corrected chi connectivity index (χ1v) is 15.3. The molecule has 194 valence electrons. The predicted octanol–water partition coefficient (Wildman–Crippen LogP) is 11.2. The van der Waals surface area contributed by atoms with Crippen molar-refractivity contribution < 1.29 is 0 Å². The Hall–Kier alpha value is -5.26. The Balaban J connectivity index is 1.52. The van der Waals surface area contributed by atoms with Gasteiger partial charge in [-0.15, -0.1) is 22.7 Å². The Bertz CT molecular complexity index is 2310. The number of hydrogen-bond donors (Lipinski definition) is 0. The van der Waals surface area contributed by atoms with Crippen LogP contribution in [0.15, 0.2) is 121 Å². The third-order valence-corrected chi connectivity index (χ3v) is 10.2. The van der Waals surface area contributed by atoms with Gasteiger partial charge in [0.15, 0.2) is 0 Å². The third-order valence-electron chi connectivity index (χ3n) is 7.96. The van der Waals surface area contributed by atoms with Crippen LogP contribution in [0.1, 0.15) is 11.1 Å². The highest BCUT2D eigenvalue weighted by atomic mass is 32.1. The maximum atomic E-state index is 10.8. The number of thiophene rings is 2. The van der Waals surface area contributed by atoms with E-state index in [1.807, 2.05) is 24.3 Å². The van der Waals surface area contributed by atoms with Crippen molar-refractivity contribution in [1.29, 1.82) is 10.5 Å². The second-order valence-electron chi connectivity index (χ2n) is 10.3. The van der Waals surface area contributed by atoms with Gasteiger partial charge in [-0.1, -0.05) is 72.8 Å². The van der Waals surface area contributed by atoms with Gasteiger partial charge >= 0.3 is 0 Å². The number of nitriles is 2. The summed E-state index contributed by atoms with van der Waals surface area (Å²) in [5.41, 5.74) is 7.08. The van der Waals surface area contributed by atoms with Crippen molar-refractivity contribution >= 4 is 63.0 Å². The van der Waals surface area contributed by atoms with Gasteiger partial charge in [0, 0.05) is 51.5 Å². The number of fused-ring (bicyclic) bond motifs is 6. The highest BCUT2D eigenvalue weighted by Gasteiger charge is 2.21. The Morgan fingerprint density at radius 2 is 0.952 bits per heavy atom. The molecule has 0 aliphatic carbocycles. The molecule has 0 radical (unpaired) electrons. The highest BCUT2D eigenvalue weighted by Crippen LogP contribution is 2.46. The summed E-state index contributed by atoms with van der Waals surface area (Å²) in [5.74, 6) is 0. The molecule has 2 heterocycles. The molecule has 0 amide bonds. The minimum Gasteiger partial charge on any atom is -0.192 e. The quantitative estimate of drug-likeness (QED) is 0.213. The van der Waals surface area contributed by atoms with Crippen molar-refractivity contribution in [2.45, 2.75) is 0 Å². The van der Waals surface area contributed by atoms with Gasteiger partial charge in [0.2, 0.25) is 0 Å². The lowest BCUT2D eigenvalue weighted by molar-refractivity contribution is 1.47. The SMILES string of the molecule is N#Cc1cccc(-c2cc(-c3cccc4sc5ccccc5c34)c(C#N)c(-c3cccc4sc5ccccc5c34)c2)c1. The number of rotatable bonds is 3. The zero-order valence-electron chi connectivity index (χ0n) is 22.3. The van der Waals surface area contributed by atoms with Gasteiger partial charge in [-0.2, -0.15) is 10.5 Å². The molecule has 0 aliphatic rings. The number of benzene rings is 6. The zero-order chi connectivity index (χ0) is 28.2. The Labute approximate surface area is 250 Å². The van der Waals surface area contributed by atoms with Crippen LogP contribution in [0.5, 0.6) is 0 Å². The van der Waals surface area contributed by atoms with E-state index in [9.17, 15) is 10.5 Å². The van der Waals surface area contributed by atoms with E-state index in [-0.39, 0.29) is 0 Å². The van der Waals surface area contributed by atoms with E-state index in [0.29, 0.717) is 11.1 Å². The van der Waals surface area contributed by atoms with Crippen molar-refractivity contribution in [2.24, 2.45) is 0 Å². The third kappa shape index (κ3) is 3.75. The fourth-order valence-electron chi connectivity index (χ4n) is 6.12. The number of nitrogens with zero attached hydrogens (tertiary/aromatic N) is 2. The Morgan fingerprint density at radius 3 is 1.50 bits per heavy atom. The van der Waals surface area contributed by atoms with Gasteiger partial charge in [0.05, 0.1) is 17.2 Å². The molecular formula is C38H20N2S2. The first-order valence-electron chi connectivity index (χ1n) is 13.6. The fraction of sp³-hybridized carbons (Fsp3) is 0. The molecule has 4 heteroatoms. The summed E-state index contributed by atoms with van der Waals surface area (Å²) in [6, 6.07) is 46.6. The molecule has 0 atom stereocenters. The lowest BCUT2D eigenvalue weighted by Gasteiger charge is -2.16. The summed E-state index contributed by atoms with van der Waals surface area (Å²) in [6.07, 6.45) is 0. The minimum absolute atomic E-state index is 0.608. The van der Waals surface area contributed by atoms with Gasteiger partial charge in [-0.25, -0.2) is 0 Å². The van der Waals surface area contributed by atoms with Crippen LogP contribution in [0.3, 0.4) is 0 Å². The summed E-state index contributed by atoms with van der Waals surface area (Å²) < 4.78 is 4.85. The van der Waals surface area contributed by atoms with Crippen LogP contribution in [0.4, 0.5) is 0 Å². The minimum atomic E-state index is 0.608. The molecule has 0 saturated heterocycles. The molecular weight excluding hydrogens is 549 g/mol. The molecule has 0 bridgehead atoms. The zero-order valence-corrected chi connectivity index (χ0v) is 23.9. The van der Waals surface area contributed by atoms with E-state index in [4.69, 9.17) is 0 Å². The van der Waals surface area contributed by atoms with Crippen LogP contribution in [0, 0.1) is 22.7 Å². The van der Waals surface area contributed by atoms with E-state index in [2.05, 4.69) is 109 Å². The second-order valence-corrected chi connectivity index (χ2v) is 12.5. The molecule has 2 nitrogen and oxygen atoms in total. The van der Waals surface area contributed by atoms with E-state index in [0.717, 1.165) is 33.4 Å². The van der Waals surface area contributed by atoms with E-state index < -0.39 is 0 Å². The smallest absolute Gasteiger partial charge is 0.100 e. The van der Waals surface area contributed by atoms with Crippen LogP contribution in [-0.4, -0.2) is 0 Å². The van der Waals surface area contributed by atoms with Crippen LogP contribution in [0.25, 0.3) is 73.7 Å². The molecule has 0 saturated carbocycles. The Morgan fingerprint density at radius 1 is 0.429 bits per heavy atom. The van der Waals surface area contributed by atoms with Gasteiger partial charge in [0.25, 0.3) is 0 Å². The summed E-state index contributed by atoms with van der Waals surface area (Å²) in [6.45, 7) is 0. The van der Waals surface area contributed by atoms with Crippen LogP contribution < -0.4 is 0 Å².